The van der Waals surface area contributed by atoms with E-state index in [0.717, 1.165) is 27.7 Å². The first kappa shape index (κ1) is 21.2. The Morgan fingerprint density at radius 3 is 2.65 bits per heavy atom. The third kappa shape index (κ3) is 5.16. The van der Waals surface area contributed by atoms with Gasteiger partial charge in [-0.3, -0.25) is 9.78 Å². The summed E-state index contributed by atoms with van der Waals surface area (Å²) in [6.45, 7) is 2.00. The van der Waals surface area contributed by atoms with Crippen LogP contribution < -0.4 is 5.32 Å². The summed E-state index contributed by atoms with van der Waals surface area (Å²) in [4.78, 5) is 18.2. The van der Waals surface area contributed by atoms with Crippen molar-refractivity contribution in [1.82, 2.24) is 14.8 Å². The Bertz CT molecular complexity index is 1180. The Labute approximate surface area is 190 Å². The number of pyridine rings is 1. The maximum absolute atomic E-state index is 12.9. The van der Waals surface area contributed by atoms with Crippen LogP contribution in [0, 0.1) is 0 Å². The zero-order valence-electron chi connectivity index (χ0n) is 17.0. The van der Waals surface area contributed by atoms with Crippen LogP contribution in [-0.4, -0.2) is 20.7 Å². The van der Waals surface area contributed by atoms with Crippen LogP contribution >= 0.6 is 23.4 Å². The molecule has 0 bridgehead atoms. The van der Waals surface area contributed by atoms with Crippen LogP contribution in [0.3, 0.4) is 0 Å². The highest BCUT2D eigenvalue weighted by molar-refractivity contribution is 7.98. The van der Waals surface area contributed by atoms with Crippen molar-refractivity contribution in [1.29, 1.82) is 0 Å². The van der Waals surface area contributed by atoms with Gasteiger partial charge in [-0.25, -0.2) is 4.68 Å². The average Bonchev–Trinajstić information content (AvgIpc) is 3.24. The van der Waals surface area contributed by atoms with E-state index in [1.807, 2.05) is 67.7 Å². The summed E-state index contributed by atoms with van der Waals surface area (Å²) < 4.78 is 1.76. The minimum atomic E-state index is -0.180. The first-order valence-corrected chi connectivity index (χ1v) is 11.3. The molecule has 156 valence electrons. The van der Waals surface area contributed by atoms with Gasteiger partial charge in [0.1, 0.15) is 0 Å². The number of nitrogens with zero attached hydrogens (tertiary/aromatic N) is 3. The Kier molecular flexibility index (Phi) is 6.70. The van der Waals surface area contributed by atoms with Gasteiger partial charge < -0.3 is 5.32 Å². The van der Waals surface area contributed by atoms with Crippen molar-refractivity contribution in [3.8, 4) is 5.69 Å². The number of benzene rings is 2. The fourth-order valence-corrected chi connectivity index (χ4v) is 4.23. The number of rotatable bonds is 7. The molecule has 1 amide bonds. The average molecular weight is 449 g/mol. The summed E-state index contributed by atoms with van der Waals surface area (Å²) in [5, 5.41) is 8.02. The number of thioether (sulfide) groups is 1. The van der Waals surface area contributed by atoms with Crippen LogP contribution in [0.1, 0.15) is 28.5 Å². The maximum atomic E-state index is 12.9. The SMILES string of the molecule is CCc1c(C(=O)Nc2ccc(SCc3cccnc3)cc2)cnn1-c1cccc(Cl)c1. The van der Waals surface area contributed by atoms with Gasteiger partial charge in [0, 0.05) is 33.8 Å². The largest absolute Gasteiger partial charge is 0.322 e. The molecule has 0 unspecified atom stereocenters. The molecule has 0 aliphatic heterocycles. The second kappa shape index (κ2) is 9.81. The highest BCUT2D eigenvalue weighted by Gasteiger charge is 2.17. The molecule has 4 rings (SSSR count). The van der Waals surface area contributed by atoms with E-state index < -0.39 is 0 Å². The first-order chi connectivity index (χ1) is 15.1. The third-order valence-electron chi connectivity index (χ3n) is 4.74. The lowest BCUT2D eigenvalue weighted by Crippen LogP contribution is -2.14. The van der Waals surface area contributed by atoms with Crippen molar-refractivity contribution in [2.24, 2.45) is 0 Å². The quantitative estimate of drug-likeness (QED) is 0.351. The minimum absolute atomic E-state index is 0.180. The van der Waals surface area contributed by atoms with Crippen LogP contribution in [0.5, 0.6) is 0 Å². The lowest BCUT2D eigenvalue weighted by atomic mass is 10.2. The Balaban J connectivity index is 1.44. The number of carbonyl (C=O) groups excluding carboxylic acids is 1. The van der Waals surface area contributed by atoms with Gasteiger partial charge in [-0.05, 0) is 60.5 Å². The van der Waals surface area contributed by atoms with E-state index >= 15 is 0 Å². The minimum Gasteiger partial charge on any atom is -0.322 e. The summed E-state index contributed by atoms with van der Waals surface area (Å²) in [7, 11) is 0. The van der Waals surface area contributed by atoms with Gasteiger partial charge in [0.15, 0.2) is 0 Å². The van der Waals surface area contributed by atoms with E-state index in [1.54, 1.807) is 28.8 Å². The summed E-state index contributed by atoms with van der Waals surface area (Å²) in [5.41, 5.74) is 4.14. The molecular formula is C24H21ClN4OS. The van der Waals surface area contributed by atoms with E-state index in [4.69, 9.17) is 11.6 Å². The molecule has 0 atom stereocenters. The van der Waals surface area contributed by atoms with Crippen molar-refractivity contribution < 1.29 is 4.79 Å². The van der Waals surface area contributed by atoms with Crippen LogP contribution in [-0.2, 0) is 12.2 Å². The number of hydrogen-bond acceptors (Lipinski definition) is 4. The van der Waals surface area contributed by atoms with E-state index in [0.29, 0.717) is 17.0 Å². The Morgan fingerprint density at radius 2 is 1.94 bits per heavy atom. The van der Waals surface area contributed by atoms with Gasteiger partial charge >= 0.3 is 0 Å². The number of nitrogens with one attached hydrogen (secondary N) is 1. The van der Waals surface area contributed by atoms with Gasteiger partial charge in [-0.15, -0.1) is 11.8 Å². The number of anilines is 1. The lowest BCUT2D eigenvalue weighted by molar-refractivity contribution is 0.102. The number of hydrogen-bond donors (Lipinski definition) is 1. The summed E-state index contributed by atoms with van der Waals surface area (Å²) in [5.74, 6) is 0.670. The second-order valence-corrected chi connectivity index (χ2v) is 8.36. The molecule has 7 heteroatoms. The van der Waals surface area contributed by atoms with E-state index in [-0.39, 0.29) is 5.91 Å². The van der Waals surface area contributed by atoms with Crippen LogP contribution in [0.25, 0.3) is 5.69 Å². The molecule has 0 saturated carbocycles. The van der Waals surface area contributed by atoms with Crippen molar-refractivity contribution in [3.63, 3.8) is 0 Å². The second-order valence-electron chi connectivity index (χ2n) is 6.88. The molecule has 5 nitrogen and oxygen atoms in total. The molecule has 1 N–H and O–H groups in total. The molecule has 0 saturated heterocycles. The molecule has 0 aliphatic rings. The van der Waals surface area contributed by atoms with Gasteiger partial charge in [0.25, 0.3) is 5.91 Å². The Morgan fingerprint density at radius 1 is 1.10 bits per heavy atom. The van der Waals surface area contributed by atoms with E-state index in [1.165, 1.54) is 5.56 Å². The maximum Gasteiger partial charge on any atom is 0.259 e. The molecule has 0 aliphatic carbocycles. The summed E-state index contributed by atoms with van der Waals surface area (Å²) in [6, 6.07) is 19.3. The van der Waals surface area contributed by atoms with Crippen molar-refractivity contribution in [3.05, 3.63) is 101 Å². The van der Waals surface area contributed by atoms with Crippen molar-refractivity contribution in [2.45, 2.75) is 24.0 Å². The molecule has 2 aromatic carbocycles. The summed E-state index contributed by atoms with van der Waals surface area (Å²) >= 11 is 7.84. The number of halogens is 1. The van der Waals surface area contributed by atoms with Crippen molar-refractivity contribution >= 4 is 35.0 Å². The zero-order chi connectivity index (χ0) is 21.6. The van der Waals surface area contributed by atoms with E-state index in [9.17, 15) is 4.79 Å². The van der Waals surface area contributed by atoms with Crippen LogP contribution in [0.2, 0.25) is 5.02 Å². The predicted octanol–water partition coefficient (Wildman–Crippen LogP) is 6.03. The fraction of sp³-hybridized carbons (Fsp3) is 0.125. The highest BCUT2D eigenvalue weighted by atomic mass is 35.5. The predicted molar refractivity (Wildman–Crippen MR) is 126 cm³/mol. The fourth-order valence-electron chi connectivity index (χ4n) is 3.22. The van der Waals surface area contributed by atoms with E-state index in [2.05, 4.69) is 21.5 Å². The van der Waals surface area contributed by atoms with Gasteiger partial charge in [-0.1, -0.05) is 30.7 Å². The monoisotopic (exact) mass is 448 g/mol. The molecule has 2 aromatic heterocycles. The van der Waals surface area contributed by atoms with Gasteiger partial charge in [-0.2, -0.15) is 5.10 Å². The lowest BCUT2D eigenvalue weighted by Gasteiger charge is -2.09. The number of carbonyl (C=O) groups is 1. The standard InChI is InChI=1S/C24H21ClN4OS/c1-2-23-22(15-27-29(23)20-7-3-6-18(25)13-20)24(30)28-19-8-10-21(11-9-19)31-16-17-5-4-12-26-14-17/h3-15H,2,16H2,1H3,(H,28,30). The number of aromatic nitrogens is 3. The Hall–Kier alpha value is -3.09. The first-order valence-electron chi connectivity index (χ1n) is 9.90. The van der Waals surface area contributed by atoms with Crippen LogP contribution in [0.4, 0.5) is 5.69 Å². The smallest absolute Gasteiger partial charge is 0.259 e. The van der Waals surface area contributed by atoms with Crippen LogP contribution in [0.15, 0.2) is 84.1 Å². The molecule has 0 spiro atoms. The molecule has 0 radical (unpaired) electrons. The zero-order valence-corrected chi connectivity index (χ0v) is 18.5. The molecule has 0 fully saturated rings. The normalized spacial score (nSPS) is 10.8. The summed E-state index contributed by atoms with van der Waals surface area (Å²) in [6.07, 6.45) is 5.91. The molecule has 4 aromatic rings. The topological polar surface area (TPSA) is 59.8 Å². The highest BCUT2D eigenvalue weighted by Crippen LogP contribution is 2.25. The number of amides is 1. The van der Waals surface area contributed by atoms with Gasteiger partial charge in [0.2, 0.25) is 0 Å². The third-order valence-corrected chi connectivity index (χ3v) is 6.06. The molecular weight excluding hydrogens is 428 g/mol. The van der Waals surface area contributed by atoms with Gasteiger partial charge in [0.05, 0.1) is 23.1 Å². The molecule has 2 heterocycles. The van der Waals surface area contributed by atoms with Crippen molar-refractivity contribution in [2.75, 3.05) is 5.32 Å². The molecule has 31 heavy (non-hydrogen) atoms.